The molecular formula is C32H32N4O6S2. The maximum atomic E-state index is 13.2. The second-order valence-corrected chi connectivity index (χ2v) is 13.7. The number of thiazole rings is 1. The van der Waals surface area contributed by atoms with Gasteiger partial charge in [0.25, 0.3) is 11.8 Å². The lowest BCUT2D eigenvalue weighted by Crippen LogP contribution is -2.41. The third-order valence-electron chi connectivity index (χ3n) is 7.49. The van der Waals surface area contributed by atoms with Gasteiger partial charge in [-0.3, -0.25) is 14.5 Å². The number of ether oxygens (including phenoxy) is 2. The van der Waals surface area contributed by atoms with Gasteiger partial charge in [0, 0.05) is 41.8 Å². The molecule has 2 aliphatic heterocycles. The van der Waals surface area contributed by atoms with E-state index in [1.165, 1.54) is 41.7 Å². The minimum atomic E-state index is -3.94. The van der Waals surface area contributed by atoms with Crippen molar-refractivity contribution in [3.63, 3.8) is 0 Å². The zero-order valence-electron chi connectivity index (χ0n) is 24.1. The van der Waals surface area contributed by atoms with Crippen LogP contribution in [-0.2, 0) is 21.1 Å². The second kappa shape index (κ2) is 12.9. The number of nitrogens with zero attached hydrogens (tertiary/aromatic N) is 2. The predicted molar refractivity (Wildman–Crippen MR) is 167 cm³/mol. The molecule has 2 aliphatic rings. The van der Waals surface area contributed by atoms with E-state index in [4.69, 9.17) is 9.47 Å². The highest BCUT2D eigenvalue weighted by Gasteiger charge is 2.31. The molecule has 1 atom stereocenters. The van der Waals surface area contributed by atoms with Gasteiger partial charge in [-0.05, 0) is 67.9 Å². The maximum absolute atomic E-state index is 13.2. The number of carbonyl (C=O) groups excluding carboxylic acids is 2. The first kappa shape index (κ1) is 29.9. The first-order valence-electron chi connectivity index (χ1n) is 14.4. The summed E-state index contributed by atoms with van der Waals surface area (Å²) in [7, 11) is -3.94. The van der Waals surface area contributed by atoms with Gasteiger partial charge >= 0.3 is 0 Å². The van der Waals surface area contributed by atoms with Crippen LogP contribution in [0.25, 0.3) is 10.6 Å². The molecule has 10 nitrogen and oxygen atoms in total. The van der Waals surface area contributed by atoms with Crippen LogP contribution in [0.4, 0.5) is 5.69 Å². The fourth-order valence-corrected chi connectivity index (χ4v) is 7.71. The molecule has 0 radical (unpaired) electrons. The van der Waals surface area contributed by atoms with Crippen molar-refractivity contribution in [2.24, 2.45) is 0 Å². The third kappa shape index (κ3) is 6.53. The van der Waals surface area contributed by atoms with E-state index in [-0.39, 0.29) is 39.3 Å². The van der Waals surface area contributed by atoms with Crippen molar-refractivity contribution in [2.75, 3.05) is 38.2 Å². The molecule has 0 unspecified atom stereocenters. The minimum absolute atomic E-state index is 0.0569. The Labute approximate surface area is 260 Å². The van der Waals surface area contributed by atoms with Crippen molar-refractivity contribution in [3.05, 3.63) is 88.9 Å². The van der Waals surface area contributed by atoms with Crippen molar-refractivity contribution in [1.29, 1.82) is 0 Å². The fourth-order valence-electron chi connectivity index (χ4n) is 5.26. The number of nitrogens with one attached hydrogen (secondary N) is 2. The van der Waals surface area contributed by atoms with E-state index in [1.54, 1.807) is 18.3 Å². The fraction of sp³-hybridized carbons (Fsp3) is 0.281. The molecule has 6 rings (SSSR count). The molecule has 1 fully saturated rings. The van der Waals surface area contributed by atoms with Crippen molar-refractivity contribution in [3.8, 4) is 16.3 Å². The number of morpholine rings is 1. The molecular weight excluding hydrogens is 601 g/mol. The van der Waals surface area contributed by atoms with E-state index in [0.29, 0.717) is 6.61 Å². The van der Waals surface area contributed by atoms with Crippen LogP contribution in [0.3, 0.4) is 0 Å². The molecule has 228 valence electrons. The number of rotatable bonds is 9. The highest BCUT2D eigenvalue weighted by molar-refractivity contribution is 7.91. The van der Waals surface area contributed by atoms with Crippen molar-refractivity contribution in [2.45, 2.75) is 35.8 Å². The molecule has 4 aromatic rings. The van der Waals surface area contributed by atoms with E-state index in [0.717, 1.165) is 53.9 Å². The molecule has 1 aromatic heterocycles. The lowest BCUT2D eigenvalue weighted by molar-refractivity contribution is -0.0193. The zero-order chi connectivity index (χ0) is 30.7. The van der Waals surface area contributed by atoms with Gasteiger partial charge in [-0.25, -0.2) is 13.4 Å². The number of sulfone groups is 1. The zero-order valence-corrected chi connectivity index (χ0v) is 25.7. The Hall–Kier alpha value is -4.10. The van der Waals surface area contributed by atoms with Crippen LogP contribution in [0.5, 0.6) is 5.75 Å². The van der Waals surface area contributed by atoms with Crippen LogP contribution < -0.4 is 15.4 Å². The van der Waals surface area contributed by atoms with E-state index in [9.17, 15) is 18.0 Å². The summed E-state index contributed by atoms with van der Waals surface area (Å²) in [6, 6.07) is 18.0. The number of aromatic nitrogens is 1. The highest BCUT2D eigenvalue weighted by atomic mass is 32.2. The average Bonchev–Trinajstić information content (AvgIpc) is 3.48. The number of fused-ring (bicyclic) bond motifs is 2. The lowest BCUT2D eigenvalue weighted by atomic mass is 10.1. The van der Waals surface area contributed by atoms with E-state index in [2.05, 4.69) is 27.4 Å². The van der Waals surface area contributed by atoms with Crippen LogP contribution in [-0.4, -0.2) is 69.1 Å². The Balaban J connectivity index is 1.03. The maximum Gasteiger partial charge on any atom is 0.257 e. The van der Waals surface area contributed by atoms with Gasteiger partial charge in [0.1, 0.15) is 10.8 Å². The summed E-state index contributed by atoms with van der Waals surface area (Å²) in [4.78, 5) is 33.3. The summed E-state index contributed by atoms with van der Waals surface area (Å²) in [6.45, 7) is 6.69. The van der Waals surface area contributed by atoms with Gasteiger partial charge in [-0.1, -0.05) is 12.1 Å². The van der Waals surface area contributed by atoms with Gasteiger partial charge in [0.05, 0.1) is 46.9 Å². The lowest BCUT2D eigenvalue weighted by Gasteiger charge is -2.30. The molecule has 3 aromatic carbocycles. The first-order chi connectivity index (χ1) is 21.3. The number of benzene rings is 3. The van der Waals surface area contributed by atoms with Crippen LogP contribution in [0.15, 0.2) is 82.7 Å². The molecule has 0 bridgehead atoms. The van der Waals surface area contributed by atoms with E-state index < -0.39 is 21.7 Å². The summed E-state index contributed by atoms with van der Waals surface area (Å²) in [5, 5.41) is 6.31. The summed E-state index contributed by atoms with van der Waals surface area (Å²) >= 11 is 1.47. The minimum Gasteiger partial charge on any atom is -0.494 e. The monoisotopic (exact) mass is 632 g/mol. The Morgan fingerprint density at radius 1 is 1.14 bits per heavy atom. The van der Waals surface area contributed by atoms with Crippen LogP contribution in [0, 0.1) is 0 Å². The number of hydrogen-bond acceptors (Lipinski definition) is 9. The molecule has 44 heavy (non-hydrogen) atoms. The smallest absolute Gasteiger partial charge is 0.257 e. The molecule has 0 saturated carbocycles. The number of anilines is 1. The number of hydrogen-bond donors (Lipinski definition) is 2. The van der Waals surface area contributed by atoms with Gasteiger partial charge in [0.2, 0.25) is 9.84 Å². The normalized spacial score (nSPS) is 17.6. The van der Waals surface area contributed by atoms with Gasteiger partial charge in [-0.2, -0.15) is 0 Å². The second-order valence-electron chi connectivity index (χ2n) is 10.7. The summed E-state index contributed by atoms with van der Waals surface area (Å²) < 4.78 is 37.9. The Morgan fingerprint density at radius 3 is 2.77 bits per heavy atom. The van der Waals surface area contributed by atoms with Crippen molar-refractivity contribution < 1.29 is 27.5 Å². The molecule has 2 N–H and O–H groups in total. The van der Waals surface area contributed by atoms with Crippen LogP contribution >= 0.6 is 11.3 Å². The van der Waals surface area contributed by atoms with E-state index in [1.807, 2.05) is 24.3 Å². The quantitative estimate of drug-likeness (QED) is 0.256. The van der Waals surface area contributed by atoms with Gasteiger partial charge in [0.15, 0.2) is 0 Å². The third-order valence-corrected chi connectivity index (χ3v) is 10.4. The molecule has 1 saturated heterocycles. The summed E-state index contributed by atoms with van der Waals surface area (Å²) in [6.07, 6.45) is 2.95. The molecule has 3 heterocycles. The van der Waals surface area contributed by atoms with Gasteiger partial charge in [-0.15, -0.1) is 11.3 Å². The molecule has 0 spiro atoms. The summed E-state index contributed by atoms with van der Waals surface area (Å²) in [5.41, 5.74) is 1.31. The largest absolute Gasteiger partial charge is 0.494 e. The van der Waals surface area contributed by atoms with E-state index >= 15 is 0 Å². The molecule has 12 heteroatoms. The summed E-state index contributed by atoms with van der Waals surface area (Å²) in [5.74, 6) is -0.140. The van der Waals surface area contributed by atoms with Gasteiger partial charge < -0.3 is 20.1 Å². The number of amides is 2. The SMILES string of the molecule is C[C@@H]1CN(CCCOc2ccc(-c3ncc(CNC(=O)c4ccc5c(c4)NC(=O)c4ccccc4S5(=O)=O)s3)cc2)CCO1. The topological polar surface area (TPSA) is 127 Å². The van der Waals surface area contributed by atoms with Crippen molar-refractivity contribution >= 4 is 38.7 Å². The standard InChI is InChI=1S/C32H32N4O6S2/c1-21-20-36(14-16-41-21)13-4-15-42-24-10-7-22(8-11-24)32-34-19-25(43-32)18-33-30(37)23-9-12-29-27(17-23)35-31(38)26-5-2-3-6-28(26)44(29,39)40/h2-3,5-12,17,19,21H,4,13-16,18,20H2,1H3,(H,33,37)(H,35,38)/t21-/m1/s1. The average molecular weight is 633 g/mol. The molecule has 0 aliphatic carbocycles. The van der Waals surface area contributed by atoms with Crippen LogP contribution in [0.2, 0.25) is 0 Å². The highest BCUT2D eigenvalue weighted by Crippen LogP contribution is 2.34. The Bertz CT molecular complexity index is 1790. The predicted octanol–water partition coefficient (Wildman–Crippen LogP) is 4.63. The number of carbonyl (C=O) groups is 2. The Morgan fingerprint density at radius 2 is 1.95 bits per heavy atom. The van der Waals surface area contributed by atoms with Crippen LogP contribution in [0.1, 0.15) is 38.9 Å². The van der Waals surface area contributed by atoms with Crippen molar-refractivity contribution in [1.82, 2.24) is 15.2 Å². The first-order valence-corrected chi connectivity index (χ1v) is 16.7. The Kier molecular flexibility index (Phi) is 8.76. The molecule has 2 amide bonds.